The monoisotopic (exact) mass is 211 g/mol. The molecule has 15 heavy (non-hydrogen) atoms. The third kappa shape index (κ3) is 1.39. The number of methoxy groups -OCH3 is 1. The van der Waals surface area contributed by atoms with Gasteiger partial charge < -0.3 is 9.15 Å². The van der Waals surface area contributed by atoms with Crippen LogP contribution in [0.15, 0.2) is 26.1 Å². The summed E-state index contributed by atoms with van der Waals surface area (Å²) in [7, 11) is 1.29. The van der Waals surface area contributed by atoms with Crippen LogP contribution in [0.5, 0.6) is 5.75 Å². The van der Waals surface area contributed by atoms with Crippen LogP contribution in [-0.4, -0.2) is 12.1 Å². The largest absolute Gasteiger partial charge is 0.494 e. The van der Waals surface area contributed by atoms with Crippen molar-refractivity contribution in [3.8, 4) is 5.75 Å². The molecule has 0 aliphatic rings. The maximum absolute atomic E-state index is 13.6. The van der Waals surface area contributed by atoms with E-state index in [1.54, 1.807) is 0 Å². The summed E-state index contributed by atoms with van der Waals surface area (Å²) < 4.78 is 22.5. The van der Waals surface area contributed by atoms with Crippen molar-refractivity contribution in [1.82, 2.24) is 4.98 Å². The van der Waals surface area contributed by atoms with Gasteiger partial charge in [-0.3, -0.25) is 4.98 Å². The molecule has 2 rings (SSSR count). The van der Waals surface area contributed by atoms with E-state index in [1.165, 1.54) is 19.2 Å². The number of H-pyrrole nitrogens is 1. The van der Waals surface area contributed by atoms with Crippen molar-refractivity contribution in [2.24, 2.45) is 0 Å². The second-order valence-electron chi connectivity index (χ2n) is 2.81. The van der Waals surface area contributed by atoms with Crippen LogP contribution in [0.2, 0.25) is 0 Å². The van der Waals surface area contributed by atoms with Gasteiger partial charge in [-0.05, 0) is 12.1 Å². The number of hydrogen-bond donors (Lipinski definition) is 1. The average Bonchev–Trinajstić information content (AvgIpc) is 2.19. The summed E-state index contributed by atoms with van der Waals surface area (Å²) >= 11 is 0. The number of rotatable bonds is 1. The lowest BCUT2D eigenvalue weighted by Crippen LogP contribution is -2.15. The normalized spacial score (nSPS) is 10.5. The Bertz CT molecular complexity index is 628. The summed E-state index contributed by atoms with van der Waals surface area (Å²) in [6, 6.07) is 2.60. The third-order valence-electron chi connectivity index (χ3n) is 1.96. The number of benzene rings is 1. The zero-order chi connectivity index (χ0) is 11.0. The number of aromatic amines is 1. The van der Waals surface area contributed by atoms with Crippen molar-refractivity contribution in [1.29, 1.82) is 0 Å². The van der Waals surface area contributed by atoms with Gasteiger partial charge >= 0.3 is 11.4 Å². The van der Waals surface area contributed by atoms with Gasteiger partial charge in [-0.1, -0.05) is 0 Å². The molecule has 0 unspecified atom stereocenters. The quantitative estimate of drug-likeness (QED) is 0.750. The van der Waals surface area contributed by atoms with Crippen molar-refractivity contribution in [3.05, 3.63) is 38.9 Å². The minimum absolute atomic E-state index is 0.0344. The molecule has 0 radical (unpaired) electrons. The minimum atomic E-state index is -1.00. The van der Waals surface area contributed by atoms with E-state index in [-0.39, 0.29) is 16.7 Å². The number of nitrogens with one attached hydrogen (secondary N) is 1. The van der Waals surface area contributed by atoms with Crippen LogP contribution >= 0.6 is 0 Å². The molecule has 1 aromatic carbocycles. The van der Waals surface area contributed by atoms with E-state index in [0.29, 0.717) is 0 Å². The molecular weight excluding hydrogens is 205 g/mol. The molecule has 0 aliphatic heterocycles. The molecule has 0 saturated carbocycles. The molecule has 1 heterocycles. The fourth-order valence-electron chi connectivity index (χ4n) is 1.27. The molecule has 0 atom stereocenters. The van der Waals surface area contributed by atoms with Crippen molar-refractivity contribution < 1.29 is 13.5 Å². The van der Waals surface area contributed by atoms with E-state index in [0.717, 1.165) is 0 Å². The molecular formula is C9H6FNO4. The van der Waals surface area contributed by atoms with E-state index < -0.39 is 17.2 Å². The summed E-state index contributed by atoms with van der Waals surface area (Å²) in [6.45, 7) is 0. The predicted octanol–water partition coefficient (Wildman–Crippen LogP) is 0.629. The SMILES string of the molecule is COc1ccc2c(=O)oc(=O)[nH]c2c1F. The van der Waals surface area contributed by atoms with Crippen LogP contribution in [0.4, 0.5) is 4.39 Å². The Morgan fingerprint density at radius 3 is 2.80 bits per heavy atom. The van der Waals surface area contributed by atoms with Crippen molar-refractivity contribution >= 4 is 10.9 Å². The molecule has 0 bridgehead atoms. The van der Waals surface area contributed by atoms with Crippen molar-refractivity contribution in [3.63, 3.8) is 0 Å². The predicted molar refractivity (Wildman–Crippen MR) is 49.6 cm³/mol. The van der Waals surface area contributed by atoms with E-state index in [1.807, 2.05) is 0 Å². The molecule has 0 amide bonds. The Hall–Kier alpha value is -2.11. The topological polar surface area (TPSA) is 72.3 Å². The maximum atomic E-state index is 13.6. The lowest BCUT2D eigenvalue weighted by Gasteiger charge is -2.02. The highest BCUT2D eigenvalue weighted by Crippen LogP contribution is 2.21. The van der Waals surface area contributed by atoms with Gasteiger partial charge in [-0.2, -0.15) is 0 Å². The smallest absolute Gasteiger partial charge is 0.419 e. The number of aromatic nitrogens is 1. The van der Waals surface area contributed by atoms with Crippen LogP contribution < -0.4 is 16.1 Å². The van der Waals surface area contributed by atoms with Gasteiger partial charge in [0.1, 0.15) is 0 Å². The van der Waals surface area contributed by atoms with E-state index in [4.69, 9.17) is 4.74 Å². The summed E-state index contributed by atoms with van der Waals surface area (Å²) in [6.07, 6.45) is 0. The molecule has 5 nitrogen and oxygen atoms in total. The molecule has 1 N–H and O–H groups in total. The van der Waals surface area contributed by atoms with Gasteiger partial charge in [-0.15, -0.1) is 0 Å². The fourth-order valence-corrected chi connectivity index (χ4v) is 1.27. The summed E-state index contributed by atoms with van der Waals surface area (Å²) in [4.78, 5) is 24.1. The van der Waals surface area contributed by atoms with Gasteiger partial charge in [0.25, 0.3) is 0 Å². The molecule has 0 fully saturated rings. The molecule has 6 heteroatoms. The Balaban J connectivity index is 2.99. The standard InChI is InChI=1S/C9H6FNO4/c1-14-5-3-2-4-7(6(5)10)11-9(13)15-8(4)12/h2-3H,1H3,(H,11,13). The highest BCUT2D eigenvalue weighted by Gasteiger charge is 2.11. The van der Waals surface area contributed by atoms with Crippen LogP contribution in [0.1, 0.15) is 0 Å². The van der Waals surface area contributed by atoms with E-state index >= 15 is 0 Å². The first-order valence-electron chi connectivity index (χ1n) is 4.03. The summed E-state index contributed by atoms with van der Waals surface area (Å²) in [5.74, 6) is -1.84. The summed E-state index contributed by atoms with van der Waals surface area (Å²) in [5.41, 5.74) is -1.09. The van der Waals surface area contributed by atoms with E-state index in [9.17, 15) is 14.0 Å². The highest BCUT2D eigenvalue weighted by molar-refractivity contribution is 5.79. The van der Waals surface area contributed by atoms with E-state index in [2.05, 4.69) is 9.40 Å². The van der Waals surface area contributed by atoms with Crippen molar-refractivity contribution in [2.75, 3.05) is 7.11 Å². The maximum Gasteiger partial charge on any atom is 0.419 e. The van der Waals surface area contributed by atoms with Gasteiger partial charge in [0.2, 0.25) is 0 Å². The van der Waals surface area contributed by atoms with Crippen LogP contribution in [-0.2, 0) is 0 Å². The molecule has 78 valence electrons. The minimum Gasteiger partial charge on any atom is -0.494 e. The molecule has 2 aromatic rings. The number of ether oxygens (including phenoxy) is 1. The fraction of sp³-hybridized carbons (Fsp3) is 0.111. The molecule has 0 aliphatic carbocycles. The van der Waals surface area contributed by atoms with Gasteiger partial charge in [0, 0.05) is 0 Å². The van der Waals surface area contributed by atoms with Crippen LogP contribution in [0.3, 0.4) is 0 Å². The number of hydrogen-bond acceptors (Lipinski definition) is 4. The molecule has 0 spiro atoms. The Morgan fingerprint density at radius 2 is 2.13 bits per heavy atom. The first-order chi connectivity index (χ1) is 7.13. The first-order valence-corrected chi connectivity index (χ1v) is 4.03. The van der Waals surface area contributed by atoms with Crippen LogP contribution in [0, 0.1) is 5.82 Å². The second kappa shape index (κ2) is 3.23. The van der Waals surface area contributed by atoms with Crippen LogP contribution in [0.25, 0.3) is 10.9 Å². The Morgan fingerprint density at radius 1 is 1.40 bits per heavy atom. The highest BCUT2D eigenvalue weighted by atomic mass is 19.1. The van der Waals surface area contributed by atoms with Gasteiger partial charge in [-0.25, -0.2) is 14.0 Å². The first kappa shape index (κ1) is 9.45. The molecule has 0 saturated heterocycles. The van der Waals surface area contributed by atoms with Crippen molar-refractivity contribution in [2.45, 2.75) is 0 Å². The zero-order valence-corrected chi connectivity index (χ0v) is 7.67. The lowest BCUT2D eigenvalue weighted by atomic mass is 10.2. The van der Waals surface area contributed by atoms with Gasteiger partial charge in [0.15, 0.2) is 11.6 Å². The molecule has 1 aromatic heterocycles. The third-order valence-corrected chi connectivity index (χ3v) is 1.96. The average molecular weight is 211 g/mol. The zero-order valence-electron chi connectivity index (χ0n) is 7.67. The number of halogens is 1. The second-order valence-corrected chi connectivity index (χ2v) is 2.81. The number of fused-ring (bicyclic) bond motifs is 1. The Labute approximate surface area is 82.1 Å². The van der Waals surface area contributed by atoms with Gasteiger partial charge in [0.05, 0.1) is 18.0 Å². The Kier molecular flexibility index (Phi) is 2.03. The lowest BCUT2D eigenvalue weighted by molar-refractivity contribution is 0.387. The summed E-state index contributed by atoms with van der Waals surface area (Å²) in [5, 5.41) is -0.0344.